The van der Waals surface area contributed by atoms with E-state index in [9.17, 15) is 18.8 Å². The van der Waals surface area contributed by atoms with Crippen LogP contribution < -0.4 is 14.8 Å². The smallest absolute Gasteiger partial charge is 0.294 e. The van der Waals surface area contributed by atoms with E-state index in [1.54, 1.807) is 30.3 Å². The van der Waals surface area contributed by atoms with Gasteiger partial charge in [-0.15, -0.1) is 0 Å². The monoisotopic (exact) mass is 598 g/mol. The zero-order chi connectivity index (χ0) is 27.4. The van der Waals surface area contributed by atoms with Gasteiger partial charge >= 0.3 is 0 Å². The molecule has 0 spiro atoms. The summed E-state index contributed by atoms with van der Waals surface area (Å²) >= 11 is 4.23. The number of carbonyl (C=O) groups is 3. The molecule has 1 fully saturated rings. The first kappa shape index (κ1) is 27.4. The molecule has 196 valence electrons. The van der Waals surface area contributed by atoms with Crippen LogP contribution >= 0.6 is 27.7 Å². The summed E-state index contributed by atoms with van der Waals surface area (Å²) < 4.78 is 25.1. The number of anilines is 1. The lowest BCUT2D eigenvalue weighted by Crippen LogP contribution is -2.36. The standard InChI is InChI=1S/C28H24BrFN2O5S/c1-16-8-17(2)10-21(9-16)31-25(33)14-32-27(34)24(38-28(32)35)13-19-11-22(29)26(23(12-19)36-3)37-15-18-4-6-20(30)7-5-18/h4-13H,14-15H2,1-3H3,(H,31,33)/b24-13+. The van der Waals surface area contributed by atoms with Crippen LogP contribution in [-0.4, -0.2) is 35.6 Å². The minimum atomic E-state index is -0.553. The van der Waals surface area contributed by atoms with Crippen LogP contribution in [0.2, 0.25) is 0 Å². The number of hydrogen-bond acceptors (Lipinski definition) is 6. The van der Waals surface area contributed by atoms with E-state index in [4.69, 9.17) is 9.47 Å². The van der Waals surface area contributed by atoms with E-state index in [0.717, 1.165) is 33.4 Å². The first-order chi connectivity index (χ1) is 18.1. The number of hydrogen-bond donors (Lipinski definition) is 1. The Labute approximate surface area is 232 Å². The number of rotatable bonds is 8. The van der Waals surface area contributed by atoms with Gasteiger partial charge in [0.1, 0.15) is 19.0 Å². The second kappa shape index (κ2) is 11.8. The molecular weight excluding hydrogens is 575 g/mol. The number of methoxy groups -OCH3 is 1. The fourth-order valence-corrected chi connectivity index (χ4v) is 5.29. The number of nitrogens with zero attached hydrogens (tertiary/aromatic N) is 1. The molecule has 0 bridgehead atoms. The molecule has 0 radical (unpaired) electrons. The number of amides is 3. The molecule has 1 heterocycles. The van der Waals surface area contributed by atoms with Crippen molar-refractivity contribution in [2.24, 2.45) is 0 Å². The van der Waals surface area contributed by atoms with E-state index in [0.29, 0.717) is 27.2 Å². The van der Waals surface area contributed by atoms with E-state index in [2.05, 4.69) is 21.2 Å². The molecule has 1 N–H and O–H groups in total. The highest BCUT2D eigenvalue weighted by Gasteiger charge is 2.36. The quantitative estimate of drug-likeness (QED) is 0.299. The molecule has 1 aliphatic rings. The molecule has 0 unspecified atom stereocenters. The number of halogens is 2. The first-order valence-corrected chi connectivity index (χ1v) is 13.1. The third-order valence-electron chi connectivity index (χ3n) is 5.53. The Kier molecular flexibility index (Phi) is 8.53. The molecule has 1 aliphatic heterocycles. The average molecular weight is 599 g/mol. The summed E-state index contributed by atoms with van der Waals surface area (Å²) in [5.74, 6) is -0.513. The van der Waals surface area contributed by atoms with Crippen molar-refractivity contribution in [1.82, 2.24) is 4.90 Å². The number of aryl methyl sites for hydroxylation is 2. The van der Waals surface area contributed by atoms with E-state index in [-0.39, 0.29) is 17.3 Å². The molecule has 3 aromatic rings. The van der Waals surface area contributed by atoms with Gasteiger partial charge in [-0.2, -0.15) is 0 Å². The van der Waals surface area contributed by atoms with Crippen molar-refractivity contribution >= 4 is 56.5 Å². The number of nitrogens with one attached hydrogen (secondary N) is 1. The summed E-state index contributed by atoms with van der Waals surface area (Å²) in [4.78, 5) is 39.1. The molecule has 7 nitrogen and oxygen atoms in total. The Morgan fingerprint density at radius 1 is 1.08 bits per heavy atom. The summed E-state index contributed by atoms with van der Waals surface area (Å²) in [6.07, 6.45) is 1.56. The van der Waals surface area contributed by atoms with Crippen molar-refractivity contribution in [2.45, 2.75) is 20.5 Å². The maximum absolute atomic E-state index is 13.2. The Hall–Kier alpha value is -3.63. The second-order valence-electron chi connectivity index (χ2n) is 8.64. The topological polar surface area (TPSA) is 84.9 Å². The van der Waals surface area contributed by atoms with Gasteiger partial charge in [-0.1, -0.05) is 18.2 Å². The number of thioether (sulfide) groups is 1. The Morgan fingerprint density at radius 3 is 2.42 bits per heavy atom. The number of benzene rings is 3. The van der Waals surface area contributed by atoms with E-state index >= 15 is 0 Å². The van der Waals surface area contributed by atoms with Gasteiger partial charge in [-0.05, 0) is 106 Å². The summed E-state index contributed by atoms with van der Waals surface area (Å²) in [6.45, 7) is 3.64. The van der Waals surface area contributed by atoms with Gasteiger partial charge in [0.05, 0.1) is 16.5 Å². The second-order valence-corrected chi connectivity index (χ2v) is 10.5. The summed E-state index contributed by atoms with van der Waals surface area (Å²) in [5.41, 5.74) is 3.95. The fourth-order valence-electron chi connectivity index (χ4n) is 3.88. The van der Waals surface area contributed by atoms with Crippen molar-refractivity contribution in [3.63, 3.8) is 0 Å². The molecular formula is C28H24BrFN2O5S. The van der Waals surface area contributed by atoms with Crippen molar-refractivity contribution < 1.29 is 28.2 Å². The van der Waals surface area contributed by atoms with Crippen LogP contribution in [0, 0.1) is 19.7 Å². The highest BCUT2D eigenvalue weighted by Crippen LogP contribution is 2.39. The molecule has 38 heavy (non-hydrogen) atoms. The van der Waals surface area contributed by atoms with Gasteiger partial charge in [-0.25, -0.2) is 4.39 Å². The van der Waals surface area contributed by atoms with Crippen LogP contribution in [0.5, 0.6) is 11.5 Å². The van der Waals surface area contributed by atoms with Crippen LogP contribution in [0.15, 0.2) is 64.0 Å². The third kappa shape index (κ3) is 6.62. The highest BCUT2D eigenvalue weighted by atomic mass is 79.9. The molecule has 0 atom stereocenters. The Morgan fingerprint density at radius 2 is 1.76 bits per heavy atom. The molecule has 0 saturated carbocycles. The molecule has 0 aromatic heterocycles. The lowest BCUT2D eigenvalue weighted by Gasteiger charge is -2.14. The van der Waals surface area contributed by atoms with Crippen molar-refractivity contribution in [2.75, 3.05) is 19.0 Å². The summed E-state index contributed by atoms with van der Waals surface area (Å²) in [7, 11) is 1.48. The highest BCUT2D eigenvalue weighted by molar-refractivity contribution is 9.10. The maximum atomic E-state index is 13.2. The SMILES string of the molecule is COc1cc(/C=C2/SC(=O)N(CC(=O)Nc3cc(C)cc(C)c3)C2=O)cc(Br)c1OCc1ccc(F)cc1. The fraction of sp³-hybridized carbons (Fsp3) is 0.179. The van der Waals surface area contributed by atoms with Crippen LogP contribution in [0.1, 0.15) is 22.3 Å². The maximum Gasteiger partial charge on any atom is 0.294 e. The van der Waals surface area contributed by atoms with Crippen molar-refractivity contribution in [3.8, 4) is 11.5 Å². The molecule has 0 aliphatic carbocycles. The van der Waals surface area contributed by atoms with E-state index in [1.807, 2.05) is 32.0 Å². The van der Waals surface area contributed by atoms with Gasteiger partial charge < -0.3 is 14.8 Å². The number of carbonyl (C=O) groups excluding carboxylic acids is 3. The molecule has 3 amide bonds. The van der Waals surface area contributed by atoms with Gasteiger partial charge in [0.25, 0.3) is 11.1 Å². The summed E-state index contributed by atoms with van der Waals surface area (Å²) in [6, 6.07) is 15.0. The van der Waals surface area contributed by atoms with Crippen LogP contribution in [0.3, 0.4) is 0 Å². The van der Waals surface area contributed by atoms with E-state index in [1.165, 1.54) is 19.2 Å². The number of imide groups is 1. The first-order valence-electron chi connectivity index (χ1n) is 11.5. The lowest BCUT2D eigenvalue weighted by molar-refractivity contribution is -0.127. The molecule has 4 rings (SSSR count). The number of ether oxygens (including phenoxy) is 2. The van der Waals surface area contributed by atoms with Crippen LogP contribution in [-0.2, 0) is 16.2 Å². The predicted molar refractivity (Wildman–Crippen MR) is 149 cm³/mol. The Balaban J connectivity index is 1.46. The normalized spacial score (nSPS) is 14.2. The lowest BCUT2D eigenvalue weighted by atomic mass is 10.1. The zero-order valence-electron chi connectivity index (χ0n) is 20.8. The van der Waals surface area contributed by atoms with Crippen LogP contribution in [0.4, 0.5) is 14.9 Å². The minimum Gasteiger partial charge on any atom is -0.493 e. The average Bonchev–Trinajstić information content (AvgIpc) is 3.10. The van der Waals surface area contributed by atoms with Gasteiger partial charge in [0, 0.05) is 5.69 Å². The van der Waals surface area contributed by atoms with Crippen molar-refractivity contribution in [1.29, 1.82) is 0 Å². The molecule has 10 heteroatoms. The zero-order valence-corrected chi connectivity index (χ0v) is 23.2. The van der Waals surface area contributed by atoms with Gasteiger partial charge in [-0.3, -0.25) is 19.3 Å². The Bertz CT molecular complexity index is 1420. The van der Waals surface area contributed by atoms with Gasteiger partial charge in [0.15, 0.2) is 11.5 Å². The predicted octanol–water partition coefficient (Wildman–Crippen LogP) is 6.47. The summed E-state index contributed by atoms with van der Waals surface area (Å²) in [5, 5.41) is 2.22. The van der Waals surface area contributed by atoms with Crippen molar-refractivity contribution in [3.05, 3.63) is 92.0 Å². The molecule has 1 saturated heterocycles. The minimum absolute atomic E-state index is 0.183. The largest absolute Gasteiger partial charge is 0.493 e. The van der Waals surface area contributed by atoms with Crippen LogP contribution in [0.25, 0.3) is 6.08 Å². The third-order valence-corrected chi connectivity index (χ3v) is 7.02. The van der Waals surface area contributed by atoms with E-state index < -0.39 is 23.6 Å². The van der Waals surface area contributed by atoms with Gasteiger partial charge in [0.2, 0.25) is 5.91 Å². The molecule has 3 aromatic carbocycles.